The topological polar surface area (TPSA) is 76.3 Å². The van der Waals surface area contributed by atoms with Gasteiger partial charge in [-0.2, -0.15) is 9.61 Å². The molecule has 24 heavy (non-hydrogen) atoms. The van der Waals surface area contributed by atoms with Gasteiger partial charge in [-0.3, -0.25) is 9.78 Å². The van der Waals surface area contributed by atoms with Gasteiger partial charge in [-0.1, -0.05) is 11.8 Å². The molecule has 0 spiro atoms. The van der Waals surface area contributed by atoms with Gasteiger partial charge >= 0.3 is 0 Å². The molecule has 1 aliphatic rings. The summed E-state index contributed by atoms with van der Waals surface area (Å²) in [5.74, 6) is 0.515. The number of carbonyl (C=O) groups excluding carboxylic acids is 1. The van der Waals surface area contributed by atoms with Crippen molar-refractivity contribution in [3.63, 3.8) is 0 Å². The standard InChI is InChI=1S/C16H16N6OS/c23-15(21-9-1-2-10-21)11-24-16-19-18-14-4-3-13(20-22(14)16)12-5-7-17-8-6-12/h3-8H,1-2,9-11H2. The van der Waals surface area contributed by atoms with Gasteiger partial charge in [0.2, 0.25) is 11.1 Å². The normalized spacial score (nSPS) is 14.4. The lowest BCUT2D eigenvalue weighted by Gasteiger charge is -2.14. The summed E-state index contributed by atoms with van der Waals surface area (Å²) in [5.41, 5.74) is 2.46. The molecule has 0 atom stereocenters. The van der Waals surface area contributed by atoms with E-state index in [0.717, 1.165) is 37.2 Å². The van der Waals surface area contributed by atoms with Crippen molar-refractivity contribution in [1.82, 2.24) is 29.7 Å². The van der Waals surface area contributed by atoms with E-state index >= 15 is 0 Å². The first-order valence-corrected chi connectivity index (χ1v) is 8.83. The number of hydrogen-bond acceptors (Lipinski definition) is 6. The van der Waals surface area contributed by atoms with E-state index in [0.29, 0.717) is 16.6 Å². The summed E-state index contributed by atoms with van der Waals surface area (Å²) < 4.78 is 1.69. The van der Waals surface area contributed by atoms with Crippen molar-refractivity contribution >= 4 is 23.3 Å². The van der Waals surface area contributed by atoms with E-state index < -0.39 is 0 Å². The molecule has 0 aromatic carbocycles. The second-order valence-corrected chi connectivity index (χ2v) is 6.53. The predicted octanol–water partition coefficient (Wildman–Crippen LogP) is 1.90. The van der Waals surface area contributed by atoms with Crippen LogP contribution in [-0.2, 0) is 4.79 Å². The Hall–Kier alpha value is -2.48. The van der Waals surface area contributed by atoms with Crippen LogP contribution in [0.3, 0.4) is 0 Å². The third kappa shape index (κ3) is 2.96. The minimum absolute atomic E-state index is 0.152. The van der Waals surface area contributed by atoms with Crippen LogP contribution in [0.2, 0.25) is 0 Å². The van der Waals surface area contributed by atoms with Gasteiger partial charge in [-0.15, -0.1) is 10.2 Å². The molecule has 1 saturated heterocycles. The van der Waals surface area contributed by atoms with Crippen LogP contribution in [0.15, 0.2) is 41.8 Å². The minimum atomic E-state index is 0.152. The number of carbonyl (C=O) groups is 1. The summed E-state index contributed by atoms with van der Waals surface area (Å²) in [7, 11) is 0. The molecule has 8 heteroatoms. The predicted molar refractivity (Wildman–Crippen MR) is 90.6 cm³/mol. The third-order valence-electron chi connectivity index (χ3n) is 3.99. The lowest BCUT2D eigenvalue weighted by Crippen LogP contribution is -2.29. The zero-order valence-corrected chi connectivity index (χ0v) is 13.8. The lowest BCUT2D eigenvalue weighted by molar-refractivity contribution is -0.127. The van der Waals surface area contributed by atoms with E-state index in [1.165, 1.54) is 11.8 Å². The molecule has 0 radical (unpaired) electrons. The number of aromatic nitrogens is 5. The highest BCUT2D eigenvalue weighted by Gasteiger charge is 2.19. The fourth-order valence-corrected chi connectivity index (χ4v) is 3.51. The SMILES string of the molecule is O=C(CSc1nnc2ccc(-c3ccncc3)nn12)N1CCCC1. The molecule has 1 fully saturated rings. The van der Waals surface area contributed by atoms with Crippen molar-refractivity contribution in [2.75, 3.05) is 18.8 Å². The van der Waals surface area contributed by atoms with E-state index in [2.05, 4.69) is 20.3 Å². The Morgan fingerprint density at radius 1 is 1.08 bits per heavy atom. The molecule has 0 bridgehead atoms. The zero-order valence-electron chi connectivity index (χ0n) is 13.0. The summed E-state index contributed by atoms with van der Waals surface area (Å²) >= 11 is 1.38. The first-order valence-electron chi connectivity index (χ1n) is 7.85. The van der Waals surface area contributed by atoms with Crippen LogP contribution in [-0.4, -0.2) is 54.4 Å². The van der Waals surface area contributed by atoms with E-state index in [1.807, 2.05) is 29.2 Å². The zero-order chi connectivity index (χ0) is 16.4. The molecular formula is C16H16N6OS. The fourth-order valence-electron chi connectivity index (χ4n) is 2.72. The van der Waals surface area contributed by atoms with Crippen molar-refractivity contribution in [1.29, 1.82) is 0 Å². The van der Waals surface area contributed by atoms with Crippen LogP contribution in [0.1, 0.15) is 12.8 Å². The Balaban J connectivity index is 1.56. The van der Waals surface area contributed by atoms with Gasteiger partial charge in [0.05, 0.1) is 11.4 Å². The maximum Gasteiger partial charge on any atom is 0.233 e. The number of hydrogen-bond donors (Lipinski definition) is 0. The molecule has 1 amide bonds. The van der Waals surface area contributed by atoms with Crippen molar-refractivity contribution in [3.05, 3.63) is 36.7 Å². The number of amides is 1. The maximum absolute atomic E-state index is 12.2. The number of nitrogens with zero attached hydrogens (tertiary/aromatic N) is 6. The summed E-state index contributed by atoms with van der Waals surface area (Å²) in [5, 5.41) is 13.5. The highest BCUT2D eigenvalue weighted by molar-refractivity contribution is 7.99. The quantitative estimate of drug-likeness (QED) is 0.675. The van der Waals surface area contributed by atoms with Gasteiger partial charge < -0.3 is 4.90 Å². The van der Waals surface area contributed by atoms with E-state index in [4.69, 9.17) is 0 Å². The van der Waals surface area contributed by atoms with Crippen LogP contribution in [0.4, 0.5) is 0 Å². The van der Waals surface area contributed by atoms with E-state index in [-0.39, 0.29) is 5.91 Å². The van der Waals surface area contributed by atoms with Crippen LogP contribution < -0.4 is 0 Å². The number of likely N-dealkylation sites (tertiary alicyclic amines) is 1. The van der Waals surface area contributed by atoms with Gasteiger partial charge in [0.15, 0.2) is 5.65 Å². The van der Waals surface area contributed by atoms with Crippen LogP contribution >= 0.6 is 11.8 Å². The van der Waals surface area contributed by atoms with Gasteiger partial charge in [0, 0.05) is 31.0 Å². The van der Waals surface area contributed by atoms with Crippen molar-refractivity contribution in [3.8, 4) is 11.3 Å². The molecule has 7 nitrogen and oxygen atoms in total. The molecule has 0 N–H and O–H groups in total. The maximum atomic E-state index is 12.2. The van der Waals surface area contributed by atoms with Crippen molar-refractivity contribution in [2.24, 2.45) is 0 Å². The summed E-state index contributed by atoms with van der Waals surface area (Å²) in [4.78, 5) is 18.1. The second kappa shape index (κ2) is 6.56. The number of rotatable bonds is 4. The molecule has 4 heterocycles. The highest BCUT2D eigenvalue weighted by Crippen LogP contribution is 2.21. The van der Waals surface area contributed by atoms with E-state index in [1.54, 1.807) is 16.9 Å². The summed E-state index contributed by atoms with van der Waals surface area (Å²) in [6.45, 7) is 1.73. The van der Waals surface area contributed by atoms with Crippen LogP contribution in [0.25, 0.3) is 16.9 Å². The Bertz CT molecular complexity index is 859. The monoisotopic (exact) mass is 340 g/mol. The highest BCUT2D eigenvalue weighted by atomic mass is 32.2. The van der Waals surface area contributed by atoms with Crippen LogP contribution in [0, 0.1) is 0 Å². The third-order valence-corrected chi connectivity index (χ3v) is 4.90. The van der Waals surface area contributed by atoms with Gasteiger partial charge in [0.25, 0.3) is 0 Å². The molecule has 0 saturated carbocycles. The average molecular weight is 340 g/mol. The van der Waals surface area contributed by atoms with Crippen LogP contribution in [0.5, 0.6) is 0 Å². The second-order valence-electron chi connectivity index (χ2n) is 5.58. The summed E-state index contributed by atoms with van der Waals surface area (Å²) in [6.07, 6.45) is 5.66. The largest absolute Gasteiger partial charge is 0.342 e. The Kier molecular flexibility index (Phi) is 4.12. The average Bonchev–Trinajstić information content (AvgIpc) is 3.30. The van der Waals surface area contributed by atoms with E-state index in [9.17, 15) is 4.79 Å². The Morgan fingerprint density at radius 2 is 1.88 bits per heavy atom. The number of fused-ring (bicyclic) bond motifs is 1. The molecule has 0 unspecified atom stereocenters. The first kappa shape index (κ1) is 15.1. The molecular weight excluding hydrogens is 324 g/mol. The Labute approximate surface area is 143 Å². The lowest BCUT2D eigenvalue weighted by atomic mass is 10.2. The van der Waals surface area contributed by atoms with Gasteiger partial charge in [-0.05, 0) is 37.1 Å². The van der Waals surface area contributed by atoms with Crippen molar-refractivity contribution in [2.45, 2.75) is 18.0 Å². The number of pyridine rings is 1. The molecule has 0 aliphatic carbocycles. The van der Waals surface area contributed by atoms with Gasteiger partial charge in [-0.25, -0.2) is 0 Å². The smallest absolute Gasteiger partial charge is 0.233 e. The molecule has 3 aromatic heterocycles. The van der Waals surface area contributed by atoms with Crippen molar-refractivity contribution < 1.29 is 4.79 Å². The molecule has 122 valence electrons. The molecule has 4 rings (SSSR count). The molecule has 1 aliphatic heterocycles. The number of thioether (sulfide) groups is 1. The Morgan fingerprint density at radius 3 is 2.67 bits per heavy atom. The first-order chi connectivity index (χ1) is 11.8. The minimum Gasteiger partial charge on any atom is -0.342 e. The fraction of sp³-hybridized carbons (Fsp3) is 0.312. The molecule has 3 aromatic rings. The summed E-state index contributed by atoms with van der Waals surface area (Å²) in [6, 6.07) is 7.59. The van der Waals surface area contributed by atoms with Gasteiger partial charge in [0.1, 0.15) is 0 Å².